The Balaban J connectivity index is 1.28. The van der Waals surface area contributed by atoms with Crippen molar-refractivity contribution in [2.45, 2.75) is 29.9 Å². The molecule has 0 radical (unpaired) electrons. The minimum atomic E-state index is -4.04. The van der Waals surface area contributed by atoms with E-state index in [1.165, 1.54) is 29.6 Å². The highest BCUT2D eigenvalue weighted by atomic mass is 32.2. The molecule has 1 fully saturated rings. The number of anilines is 3. The minimum Gasteiger partial charge on any atom is -0.506 e. The maximum Gasteiger partial charge on any atom is 0.347 e. The van der Waals surface area contributed by atoms with Crippen LogP contribution in [0.5, 0.6) is 5.75 Å². The van der Waals surface area contributed by atoms with Gasteiger partial charge in [0.15, 0.2) is 0 Å². The molecule has 1 aliphatic rings. The molecule has 2 heterocycles. The fourth-order valence-corrected chi connectivity index (χ4v) is 7.28. The Morgan fingerprint density at radius 3 is 2.35 bits per heavy atom. The summed E-state index contributed by atoms with van der Waals surface area (Å²) in [5, 5.41) is 34.5. The lowest BCUT2D eigenvalue weighted by molar-refractivity contribution is 0.0698. The second-order valence-electron chi connectivity index (χ2n) is 9.41. The third-order valence-electron chi connectivity index (χ3n) is 6.39. The van der Waals surface area contributed by atoms with Crippen molar-refractivity contribution in [1.29, 1.82) is 0 Å². The molecule has 2 aromatic carbocycles. The average Bonchev–Trinajstić information content (AvgIpc) is 3.40. The van der Waals surface area contributed by atoms with Crippen molar-refractivity contribution < 1.29 is 36.9 Å². The van der Waals surface area contributed by atoms with Gasteiger partial charge in [0.1, 0.15) is 15.5 Å². The molecule has 15 heteroatoms. The zero-order valence-corrected chi connectivity index (χ0v) is 23.9. The maximum absolute atomic E-state index is 12.7. The Labute approximate surface area is 236 Å². The molecule has 216 valence electrons. The Hall–Kier alpha value is -3.37. The number of rotatable bonds is 11. The number of carboxylic acids is 1. The first-order chi connectivity index (χ1) is 18.8. The predicted octanol–water partition coefficient (Wildman–Crippen LogP) is 2.62. The molecular formula is C25H30N4O8S3. The van der Waals surface area contributed by atoms with Gasteiger partial charge in [0.05, 0.1) is 18.0 Å². The smallest absolute Gasteiger partial charge is 0.347 e. The molecular weight excluding hydrogens is 580 g/mol. The summed E-state index contributed by atoms with van der Waals surface area (Å²) in [6.45, 7) is 1.71. The number of aliphatic hydroxyl groups is 1. The van der Waals surface area contributed by atoms with Crippen LogP contribution in [-0.4, -0.2) is 70.1 Å². The van der Waals surface area contributed by atoms with E-state index in [4.69, 9.17) is 0 Å². The second kappa shape index (κ2) is 12.0. The number of nitrogens with one attached hydrogen (secondary N) is 3. The number of phenols is 1. The number of aromatic carboxylic acids is 1. The van der Waals surface area contributed by atoms with Gasteiger partial charge in [-0.15, -0.1) is 11.3 Å². The number of benzene rings is 2. The average molecular weight is 611 g/mol. The topological polar surface area (TPSA) is 185 Å². The van der Waals surface area contributed by atoms with E-state index in [2.05, 4.69) is 19.7 Å². The van der Waals surface area contributed by atoms with Gasteiger partial charge in [-0.2, -0.15) is 0 Å². The van der Waals surface area contributed by atoms with E-state index >= 15 is 0 Å². The van der Waals surface area contributed by atoms with E-state index in [1.807, 2.05) is 0 Å². The van der Waals surface area contributed by atoms with Crippen LogP contribution in [0.15, 0.2) is 58.8 Å². The molecule has 40 heavy (non-hydrogen) atoms. The van der Waals surface area contributed by atoms with E-state index in [0.717, 1.165) is 49.2 Å². The molecule has 0 amide bonds. The molecule has 0 aliphatic carbocycles. The molecule has 1 saturated heterocycles. The van der Waals surface area contributed by atoms with Crippen molar-refractivity contribution in [2.75, 3.05) is 40.2 Å². The number of phenolic OH excluding ortho intramolecular Hbond substituents is 1. The zero-order chi connectivity index (χ0) is 29.1. The number of nitrogens with zero attached hydrogens (tertiary/aromatic N) is 1. The van der Waals surface area contributed by atoms with Gasteiger partial charge < -0.3 is 25.5 Å². The number of aromatic hydroxyl groups is 1. The fraction of sp³-hybridized carbons (Fsp3) is 0.320. The summed E-state index contributed by atoms with van der Waals surface area (Å²) < 4.78 is 53.0. The van der Waals surface area contributed by atoms with Crippen molar-refractivity contribution in [1.82, 2.24) is 5.32 Å². The molecule has 12 nitrogen and oxygen atoms in total. The first-order valence-corrected chi connectivity index (χ1v) is 16.5. The molecule has 3 aromatic rings. The first kappa shape index (κ1) is 29.6. The monoisotopic (exact) mass is 610 g/mol. The SMILES string of the molecule is CS(=O)(=O)Nc1cc([C@H](O)CNC2CCN(c3ccc(NS(=O)(=O)c4ccsc4C(=O)O)cc3)CC2)ccc1O. The van der Waals surface area contributed by atoms with Gasteiger partial charge in [0.2, 0.25) is 10.0 Å². The van der Waals surface area contributed by atoms with Crippen LogP contribution in [0.3, 0.4) is 0 Å². The van der Waals surface area contributed by atoms with Gasteiger partial charge >= 0.3 is 5.97 Å². The van der Waals surface area contributed by atoms with Gasteiger partial charge in [-0.05, 0) is 66.2 Å². The highest BCUT2D eigenvalue weighted by Gasteiger charge is 2.25. The number of carboxylic acid groups (broad SMARTS) is 1. The largest absolute Gasteiger partial charge is 0.506 e. The fourth-order valence-electron chi connectivity index (χ4n) is 4.40. The standard InChI is InChI=1S/C25H30N4O8S3/c1-39(34,35)28-20-14-16(2-7-21(20)30)22(31)15-26-17-8-11-29(12-9-17)19-5-3-18(4-6-19)27-40(36,37)23-10-13-38-24(23)25(32)33/h2-7,10,13-14,17,22,26-28,30-31H,8-9,11-12,15H2,1H3,(H,32,33)/t22-/m1/s1. The summed E-state index contributed by atoms with van der Waals surface area (Å²) in [7, 11) is -7.63. The lowest BCUT2D eigenvalue weighted by Crippen LogP contribution is -2.43. The summed E-state index contributed by atoms with van der Waals surface area (Å²) in [6, 6.07) is 12.5. The highest BCUT2D eigenvalue weighted by molar-refractivity contribution is 7.93. The van der Waals surface area contributed by atoms with Crippen molar-refractivity contribution >= 4 is 54.4 Å². The van der Waals surface area contributed by atoms with Crippen molar-refractivity contribution in [3.63, 3.8) is 0 Å². The normalized spacial score (nSPS) is 15.5. The minimum absolute atomic E-state index is 0.00246. The lowest BCUT2D eigenvalue weighted by atomic mass is 10.0. The molecule has 1 atom stereocenters. The van der Waals surface area contributed by atoms with Crippen molar-refractivity contribution in [3.05, 3.63) is 64.4 Å². The number of thiophene rings is 1. The van der Waals surface area contributed by atoms with E-state index in [0.29, 0.717) is 11.3 Å². The van der Waals surface area contributed by atoms with Crippen LogP contribution in [-0.2, 0) is 20.0 Å². The summed E-state index contributed by atoms with van der Waals surface area (Å²) in [5.74, 6) is -1.53. The number of piperidine rings is 1. The van der Waals surface area contributed by atoms with Crippen molar-refractivity contribution in [2.24, 2.45) is 0 Å². The third-order valence-corrected chi connectivity index (χ3v) is 9.44. The van der Waals surface area contributed by atoms with Gasteiger partial charge in [-0.1, -0.05) is 6.07 Å². The number of aliphatic hydroxyl groups excluding tert-OH is 1. The summed E-state index contributed by atoms with van der Waals surface area (Å²) in [4.78, 5) is 12.9. The van der Waals surface area contributed by atoms with Crippen LogP contribution in [0.1, 0.15) is 34.2 Å². The molecule has 0 bridgehead atoms. The molecule has 6 N–H and O–H groups in total. The van der Waals surface area contributed by atoms with Gasteiger partial charge in [-0.25, -0.2) is 21.6 Å². The highest BCUT2D eigenvalue weighted by Crippen LogP contribution is 2.29. The summed E-state index contributed by atoms with van der Waals surface area (Å²) in [6.07, 6.45) is 1.67. The molecule has 1 aromatic heterocycles. The van der Waals surface area contributed by atoms with E-state index < -0.39 is 32.1 Å². The Bertz CT molecular complexity index is 1570. The number of carbonyl (C=O) groups is 1. The predicted molar refractivity (Wildman–Crippen MR) is 153 cm³/mol. The van der Waals surface area contributed by atoms with Gasteiger partial charge in [0.25, 0.3) is 10.0 Å². The summed E-state index contributed by atoms with van der Waals surface area (Å²) in [5.41, 5.74) is 1.70. The maximum atomic E-state index is 12.7. The Morgan fingerprint density at radius 1 is 1.05 bits per heavy atom. The molecule has 0 unspecified atom stereocenters. The van der Waals surface area contributed by atoms with Gasteiger partial charge in [-0.3, -0.25) is 9.44 Å². The number of hydrogen-bond acceptors (Lipinski definition) is 10. The van der Waals surface area contributed by atoms with Crippen molar-refractivity contribution in [3.8, 4) is 5.75 Å². The quantitative estimate of drug-likeness (QED) is 0.176. The number of hydrogen-bond donors (Lipinski definition) is 6. The van der Waals surface area contributed by atoms with Crippen LogP contribution < -0.4 is 19.7 Å². The van der Waals surface area contributed by atoms with E-state index in [1.54, 1.807) is 24.3 Å². The second-order valence-corrected chi connectivity index (χ2v) is 13.7. The number of sulfonamides is 2. The third kappa shape index (κ3) is 7.42. The van der Waals surface area contributed by atoms with E-state index in [9.17, 15) is 36.9 Å². The molecule has 1 aliphatic heterocycles. The van der Waals surface area contributed by atoms with E-state index in [-0.39, 0.29) is 33.8 Å². The molecule has 4 rings (SSSR count). The Morgan fingerprint density at radius 2 is 1.73 bits per heavy atom. The summed E-state index contributed by atoms with van der Waals surface area (Å²) >= 11 is 0.847. The van der Waals surface area contributed by atoms with Crippen LogP contribution in [0.2, 0.25) is 0 Å². The molecule has 0 spiro atoms. The zero-order valence-electron chi connectivity index (χ0n) is 21.4. The van der Waals surface area contributed by atoms with Crippen LogP contribution >= 0.6 is 11.3 Å². The first-order valence-electron chi connectivity index (χ1n) is 12.2. The molecule has 0 saturated carbocycles. The lowest BCUT2D eigenvalue weighted by Gasteiger charge is -2.34. The Kier molecular flexibility index (Phi) is 8.90. The van der Waals surface area contributed by atoms with Crippen LogP contribution in [0.4, 0.5) is 17.1 Å². The van der Waals surface area contributed by atoms with Gasteiger partial charge in [0, 0.05) is 37.1 Å². The van der Waals surface area contributed by atoms with Crippen LogP contribution in [0.25, 0.3) is 0 Å². The van der Waals surface area contributed by atoms with Crippen LogP contribution in [0, 0.1) is 0 Å².